The molecule has 2 N–H and O–H groups in total. The van der Waals surface area contributed by atoms with Crippen LogP contribution in [0.5, 0.6) is 0 Å². The lowest BCUT2D eigenvalue weighted by molar-refractivity contribution is 0.302. The molecule has 176 valence electrons. The molecule has 0 unspecified atom stereocenters. The maximum absolute atomic E-state index is 12.3. The summed E-state index contributed by atoms with van der Waals surface area (Å²) >= 11 is 3.81. The van der Waals surface area contributed by atoms with Crippen molar-refractivity contribution >= 4 is 33.5 Å². The summed E-state index contributed by atoms with van der Waals surface area (Å²) in [4.78, 5) is 2.68. The van der Waals surface area contributed by atoms with Gasteiger partial charge in [-0.15, -0.1) is 23.5 Å². The van der Waals surface area contributed by atoms with Gasteiger partial charge in [0.25, 0.3) is 0 Å². The van der Waals surface area contributed by atoms with Gasteiger partial charge in [0.05, 0.1) is 4.75 Å². The van der Waals surface area contributed by atoms with Crippen molar-refractivity contribution in [3.05, 3.63) is 36.4 Å². The van der Waals surface area contributed by atoms with Crippen LogP contribution in [0.3, 0.4) is 0 Å². The molecule has 31 heavy (non-hydrogen) atoms. The van der Waals surface area contributed by atoms with Crippen LogP contribution in [0.25, 0.3) is 0 Å². The van der Waals surface area contributed by atoms with Crippen LogP contribution in [0.1, 0.15) is 59.8 Å². The maximum Gasteiger partial charge on any atom is 0.216 e. The molecule has 1 fully saturated rings. The van der Waals surface area contributed by atoms with E-state index in [1.54, 1.807) is 20.8 Å². The van der Waals surface area contributed by atoms with Crippen LogP contribution in [0.2, 0.25) is 0 Å². The van der Waals surface area contributed by atoms with E-state index in [1.165, 1.54) is 9.79 Å². The third-order valence-electron chi connectivity index (χ3n) is 5.56. The van der Waals surface area contributed by atoms with Crippen molar-refractivity contribution in [2.24, 2.45) is 5.92 Å². The predicted octanol–water partition coefficient (Wildman–Crippen LogP) is 5.70. The summed E-state index contributed by atoms with van der Waals surface area (Å²) in [6.07, 6.45) is 9.51. The van der Waals surface area contributed by atoms with Gasteiger partial charge in [-0.2, -0.15) is 0 Å². The largest absolute Gasteiger partial charge is 0.316 e. The van der Waals surface area contributed by atoms with Crippen LogP contribution in [-0.2, 0) is 10.0 Å². The minimum Gasteiger partial charge on any atom is -0.316 e. The summed E-state index contributed by atoms with van der Waals surface area (Å²) in [6.45, 7) is 9.40. The van der Waals surface area contributed by atoms with E-state index in [-0.39, 0.29) is 6.04 Å². The third kappa shape index (κ3) is 9.91. The predicted molar refractivity (Wildman–Crippen MR) is 138 cm³/mol. The van der Waals surface area contributed by atoms with E-state index in [0.717, 1.165) is 56.7 Å². The van der Waals surface area contributed by atoms with Gasteiger partial charge in [-0.25, -0.2) is 13.1 Å². The first-order valence-corrected chi connectivity index (χ1v) is 14.9. The van der Waals surface area contributed by atoms with Gasteiger partial charge in [0.2, 0.25) is 10.0 Å². The molecule has 1 aliphatic carbocycles. The molecule has 0 spiro atoms. The highest BCUT2D eigenvalue weighted by Crippen LogP contribution is 2.27. The van der Waals surface area contributed by atoms with Crippen molar-refractivity contribution in [2.45, 2.75) is 80.4 Å². The Morgan fingerprint density at radius 1 is 1.10 bits per heavy atom. The molecule has 0 saturated heterocycles. The zero-order valence-electron chi connectivity index (χ0n) is 19.5. The van der Waals surface area contributed by atoms with E-state index in [0.29, 0.717) is 5.92 Å². The van der Waals surface area contributed by atoms with Gasteiger partial charge in [0, 0.05) is 21.6 Å². The first-order valence-electron chi connectivity index (χ1n) is 11.4. The summed E-state index contributed by atoms with van der Waals surface area (Å²) in [5.41, 5.74) is 0. The molecule has 1 aromatic rings. The Hall–Kier alpha value is -0.470. The Morgan fingerprint density at radius 2 is 1.77 bits per heavy atom. The molecule has 2 rings (SSSR count). The molecule has 1 aromatic carbocycles. The number of allylic oxidation sites excluding steroid dienone is 1. The van der Waals surface area contributed by atoms with Crippen molar-refractivity contribution in [2.75, 3.05) is 24.6 Å². The van der Waals surface area contributed by atoms with E-state index in [4.69, 9.17) is 0 Å². The Kier molecular flexibility index (Phi) is 11.5. The topological polar surface area (TPSA) is 58.2 Å². The van der Waals surface area contributed by atoms with Crippen molar-refractivity contribution in [3.8, 4) is 0 Å². The zero-order valence-corrected chi connectivity index (χ0v) is 22.0. The van der Waals surface area contributed by atoms with Crippen LogP contribution < -0.4 is 10.0 Å². The first-order chi connectivity index (χ1) is 14.7. The van der Waals surface area contributed by atoms with E-state index in [1.807, 2.05) is 23.5 Å². The highest BCUT2D eigenvalue weighted by molar-refractivity contribution is 8.00. The second-order valence-electron chi connectivity index (χ2n) is 9.21. The van der Waals surface area contributed by atoms with Crippen molar-refractivity contribution < 1.29 is 8.42 Å². The fourth-order valence-electron chi connectivity index (χ4n) is 3.47. The second-order valence-corrected chi connectivity index (χ2v) is 13.9. The van der Waals surface area contributed by atoms with Crippen molar-refractivity contribution in [1.82, 2.24) is 10.0 Å². The summed E-state index contributed by atoms with van der Waals surface area (Å²) in [6, 6.07) is 8.92. The molecule has 0 radical (unpaired) electrons. The average Bonchev–Trinajstić information content (AvgIpc) is 2.71. The van der Waals surface area contributed by atoms with Gasteiger partial charge in [-0.05, 0) is 103 Å². The van der Waals surface area contributed by atoms with Gasteiger partial charge in [-0.1, -0.05) is 18.2 Å². The highest BCUT2D eigenvalue weighted by atomic mass is 32.2. The quantitative estimate of drug-likeness (QED) is 0.226. The fraction of sp³-hybridized carbons (Fsp3) is 0.667. The molecule has 0 atom stereocenters. The summed E-state index contributed by atoms with van der Waals surface area (Å²) < 4.78 is 26.8. The van der Waals surface area contributed by atoms with E-state index < -0.39 is 14.8 Å². The molecule has 0 aliphatic heterocycles. The maximum atomic E-state index is 12.3. The lowest BCUT2D eigenvalue weighted by Gasteiger charge is -2.31. The lowest BCUT2D eigenvalue weighted by atomic mass is 9.86. The van der Waals surface area contributed by atoms with Crippen molar-refractivity contribution in [3.63, 3.8) is 0 Å². The number of nitrogens with one attached hydrogen (secondary N) is 2. The number of sulfonamides is 1. The molecule has 1 saturated carbocycles. The molecule has 0 amide bonds. The molecule has 1 aliphatic rings. The van der Waals surface area contributed by atoms with E-state index >= 15 is 0 Å². The molecule has 0 heterocycles. The minimum absolute atomic E-state index is 0.101. The lowest BCUT2D eigenvalue weighted by Crippen LogP contribution is -2.46. The van der Waals surface area contributed by atoms with E-state index in [2.05, 4.69) is 53.4 Å². The van der Waals surface area contributed by atoms with Crippen LogP contribution in [-0.4, -0.2) is 43.8 Å². The van der Waals surface area contributed by atoms with Crippen molar-refractivity contribution in [1.29, 1.82) is 0 Å². The fourth-order valence-corrected chi connectivity index (χ4v) is 6.35. The minimum atomic E-state index is -3.25. The Labute approximate surface area is 198 Å². The SMILES string of the molecule is C/C=C/CSc1cccc(SCCCNCC2CCC(NS(=O)(=O)C(C)(C)C)CC2)c1. The Balaban J connectivity index is 1.57. The molecule has 7 heteroatoms. The van der Waals surface area contributed by atoms with Crippen LogP contribution >= 0.6 is 23.5 Å². The van der Waals surface area contributed by atoms with Gasteiger partial charge in [-0.3, -0.25) is 0 Å². The number of thioether (sulfide) groups is 2. The summed E-state index contributed by atoms with van der Waals surface area (Å²) in [5.74, 6) is 2.81. The number of benzene rings is 1. The van der Waals surface area contributed by atoms with Gasteiger partial charge in [0.15, 0.2) is 0 Å². The molecular weight excluding hydrogens is 444 g/mol. The molecular formula is C24H40N2O2S3. The molecule has 0 aromatic heterocycles. The highest BCUT2D eigenvalue weighted by Gasteiger charge is 2.32. The van der Waals surface area contributed by atoms with Gasteiger partial charge >= 0.3 is 0 Å². The van der Waals surface area contributed by atoms with Crippen LogP contribution in [0.4, 0.5) is 0 Å². The number of hydrogen-bond donors (Lipinski definition) is 2. The molecule has 4 nitrogen and oxygen atoms in total. The summed E-state index contributed by atoms with van der Waals surface area (Å²) in [5, 5.41) is 3.61. The normalized spacial score (nSPS) is 20.4. The monoisotopic (exact) mass is 484 g/mol. The number of hydrogen-bond acceptors (Lipinski definition) is 5. The summed E-state index contributed by atoms with van der Waals surface area (Å²) in [7, 11) is -3.25. The first kappa shape index (κ1) is 26.8. The van der Waals surface area contributed by atoms with Crippen LogP contribution in [0.15, 0.2) is 46.2 Å². The Morgan fingerprint density at radius 3 is 2.42 bits per heavy atom. The zero-order chi connectivity index (χ0) is 22.7. The van der Waals surface area contributed by atoms with Gasteiger partial charge in [0.1, 0.15) is 0 Å². The van der Waals surface area contributed by atoms with Gasteiger partial charge < -0.3 is 5.32 Å². The standard InChI is InChI=1S/C24H40N2O2S3/c1-5-6-16-29-22-9-7-10-23(18-22)30-17-8-15-25-19-20-11-13-21(14-12-20)26-31(27,28)24(2,3)4/h5-7,9-10,18,20-21,25-26H,8,11-17,19H2,1-4H3/b6-5+. The third-order valence-corrected chi connectivity index (χ3v) is 9.84. The Bertz CT molecular complexity index is 780. The van der Waals surface area contributed by atoms with Crippen LogP contribution in [0, 0.1) is 5.92 Å². The molecule has 0 bridgehead atoms. The smallest absolute Gasteiger partial charge is 0.216 e. The second kappa shape index (κ2) is 13.3. The average molecular weight is 485 g/mol. The van der Waals surface area contributed by atoms with E-state index in [9.17, 15) is 8.42 Å². The number of rotatable bonds is 12.